The van der Waals surface area contributed by atoms with E-state index in [1.54, 1.807) is 19.1 Å². The quantitative estimate of drug-likeness (QED) is 0.626. The second-order valence-electron chi connectivity index (χ2n) is 4.73. The number of phenolic OH excluding ortho intramolecular Hbond substituents is 1. The number of amides is 2. The van der Waals surface area contributed by atoms with Gasteiger partial charge in [0.05, 0.1) is 13.2 Å². The average molecular weight is 278 g/mol. The van der Waals surface area contributed by atoms with E-state index in [2.05, 4.69) is 0 Å². The number of carbonyl (C=O) groups excluding carboxylic acids is 2. The number of fused-ring (bicyclic) bond motifs is 4. The Kier molecular flexibility index (Phi) is 2.79. The summed E-state index contributed by atoms with van der Waals surface area (Å²) >= 11 is 0. The molecule has 0 saturated carbocycles. The van der Waals surface area contributed by atoms with Crippen molar-refractivity contribution in [2.24, 2.45) is 0 Å². The van der Waals surface area contributed by atoms with Crippen molar-refractivity contribution < 1.29 is 24.6 Å². The second-order valence-corrected chi connectivity index (χ2v) is 4.73. The van der Waals surface area contributed by atoms with Crippen LogP contribution in [0.2, 0.25) is 0 Å². The number of hydroxylamine groups is 2. The van der Waals surface area contributed by atoms with Gasteiger partial charge in [0.15, 0.2) is 6.04 Å². The lowest BCUT2D eigenvalue weighted by Crippen LogP contribution is -2.39. The number of esters is 1. The molecule has 2 N–H and O–H groups in total. The number of benzene rings is 1. The summed E-state index contributed by atoms with van der Waals surface area (Å²) in [6.07, 6.45) is 0. The lowest BCUT2D eigenvalue weighted by molar-refractivity contribution is -0.148. The smallest absolute Gasteiger partial charge is 0.345 e. The zero-order valence-electron chi connectivity index (χ0n) is 10.8. The molecule has 2 atom stereocenters. The number of hydrogen-bond acceptors (Lipinski definition) is 5. The van der Waals surface area contributed by atoms with E-state index in [1.807, 2.05) is 0 Å². The minimum absolute atomic E-state index is 0.0461. The Morgan fingerprint density at radius 3 is 2.95 bits per heavy atom. The molecule has 2 amide bonds. The van der Waals surface area contributed by atoms with Crippen molar-refractivity contribution in [2.45, 2.75) is 19.0 Å². The molecule has 0 radical (unpaired) electrons. The van der Waals surface area contributed by atoms with Gasteiger partial charge in [-0.25, -0.2) is 9.59 Å². The van der Waals surface area contributed by atoms with Crippen LogP contribution < -0.4 is 0 Å². The molecule has 0 aliphatic carbocycles. The van der Waals surface area contributed by atoms with Crippen LogP contribution in [0, 0.1) is 0 Å². The van der Waals surface area contributed by atoms with E-state index >= 15 is 0 Å². The van der Waals surface area contributed by atoms with Crippen molar-refractivity contribution in [3.63, 3.8) is 0 Å². The molecule has 2 aliphatic rings. The Hall–Kier alpha value is -2.28. The van der Waals surface area contributed by atoms with Gasteiger partial charge in [-0.1, -0.05) is 12.1 Å². The highest BCUT2D eigenvalue weighted by Gasteiger charge is 2.51. The number of nitrogens with zero attached hydrogens (tertiary/aromatic N) is 2. The van der Waals surface area contributed by atoms with Crippen LogP contribution in [0.1, 0.15) is 30.1 Å². The van der Waals surface area contributed by atoms with Gasteiger partial charge in [0, 0.05) is 5.56 Å². The predicted molar refractivity (Wildman–Crippen MR) is 65.9 cm³/mol. The summed E-state index contributed by atoms with van der Waals surface area (Å²) in [6.45, 7) is 2.01. The van der Waals surface area contributed by atoms with Crippen molar-refractivity contribution in [1.82, 2.24) is 9.96 Å². The normalized spacial score (nSPS) is 23.8. The number of aromatic hydroxyl groups is 1. The van der Waals surface area contributed by atoms with Crippen LogP contribution in [-0.2, 0) is 9.53 Å². The van der Waals surface area contributed by atoms with Gasteiger partial charge in [-0.3, -0.25) is 5.21 Å². The maximum Gasteiger partial charge on any atom is 0.345 e. The minimum Gasteiger partial charge on any atom is -0.508 e. The number of carbonyl (C=O) groups is 2. The summed E-state index contributed by atoms with van der Waals surface area (Å²) in [4.78, 5) is 25.4. The molecule has 2 bridgehead atoms. The topological polar surface area (TPSA) is 90.3 Å². The van der Waals surface area contributed by atoms with Crippen molar-refractivity contribution in [2.75, 3.05) is 13.2 Å². The highest BCUT2D eigenvalue weighted by atomic mass is 16.5. The van der Waals surface area contributed by atoms with Gasteiger partial charge >= 0.3 is 12.0 Å². The zero-order chi connectivity index (χ0) is 14.4. The summed E-state index contributed by atoms with van der Waals surface area (Å²) < 4.78 is 5.00. The molecular weight excluding hydrogens is 264 g/mol. The monoisotopic (exact) mass is 278 g/mol. The van der Waals surface area contributed by atoms with Crippen molar-refractivity contribution in [3.8, 4) is 5.75 Å². The van der Waals surface area contributed by atoms with Gasteiger partial charge in [-0.05, 0) is 18.6 Å². The molecule has 2 aliphatic heterocycles. The Labute approximate surface area is 114 Å². The maximum atomic E-state index is 12.1. The molecule has 2 unspecified atom stereocenters. The fourth-order valence-corrected chi connectivity index (χ4v) is 2.85. The highest BCUT2D eigenvalue weighted by molar-refractivity contribution is 5.88. The van der Waals surface area contributed by atoms with Crippen LogP contribution in [0.15, 0.2) is 18.2 Å². The largest absolute Gasteiger partial charge is 0.508 e. The summed E-state index contributed by atoms with van der Waals surface area (Å²) in [6, 6.07) is 2.46. The highest BCUT2D eigenvalue weighted by Crippen LogP contribution is 2.46. The number of hydrogen-bond donors (Lipinski definition) is 2. The van der Waals surface area contributed by atoms with E-state index in [-0.39, 0.29) is 18.9 Å². The first-order valence-corrected chi connectivity index (χ1v) is 6.33. The van der Waals surface area contributed by atoms with E-state index < -0.39 is 24.1 Å². The van der Waals surface area contributed by atoms with Gasteiger partial charge < -0.3 is 14.7 Å². The first-order chi connectivity index (χ1) is 9.56. The molecule has 1 fully saturated rings. The number of ether oxygens (including phenoxy) is 1. The Bertz CT molecular complexity index is 588. The second kappa shape index (κ2) is 4.38. The molecule has 0 spiro atoms. The molecule has 3 rings (SSSR count). The number of phenols is 1. The molecule has 1 aromatic rings. The van der Waals surface area contributed by atoms with Crippen LogP contribution in [0.25, 0.3) is 0 Å². The summed E-state index contributed by atoms with van der Waals surface area (Å²) in [5, 5.41) is 20.4. The van der Waals surface area contributed by atoms with E-state index in [0.29, 0.717) is 16.2 Å². The SMILES string of the molecule is CCOC(=O)C1c2cccc(O)c2C2CN1C(=O)N2O. The fraction of sp³-hybridized carbons (Fsp3) is 0.385. The predicted octanol–water partition coefficient (Wildman–Crippen LogP) is 1.18. The summed E-state index contributed by atoms with van der Waals surface area (Å²) in [5.74, 6) is -0.614. The lowest BCUT2D eigenvalue weighted by Gasteiger charge is -2.31. The molecule has 20 heavy (non-hydrogen) atoms. The van der Waals surface area contributed by atoms with E-state index in [9.17, 15) is 19.9 Å². The van der Waals surface area contributed by atoms with Gasteiger partial charge in [-0.2, -0.15) is 5.06 Å². The molecule has 7 nitrogen and oxygen atoms in total. The van der Waals surface area contributed by atoms with Gasteiger partial charge in [-0.15, -0.1) is 0 Å². The van der Waals surface area contributed by atoms with Crippen molar-refractivity contribution in [1.29, 1.82) is 0 Å². The standard InChI is InChI=1S/C13H14N2O5/c1-2-20-12(17)11-7-4-3-5-9(16)10(7)8-6-14(11)13(18)15(8)19/h3-5,8,11,16,19H,2,6H2,1H3. The zero-order valence-corrected chi connectivity index (χ0v) is 10.8. The molecule has 1 aromatic carbocycles. The lowest BCUT2D eigenvalue weighted by atomic mass is 9.90. The Morgan fingerprint density at radius 2 is 2.25 bits per heavy atom. The molecule has 7 heteroatoms. The van der Waals surface area contributed by atoms with Crippen LogP contribution in [0.3, 0.4) is 0 Å². The van der Waals surface area contributed by atoms with Gasteiger partial charge in [0.2, 0.25) is 0 Å². The molecule has 106 valence electrons. The Balaban J connectivity index is 2.15. The van der Waals surface area contributed by atoms with E-state index in [0.717, 1.165) is 0 Å². The Morgan fingerprint density at radius 1 is 1.50 bits per heavy atom. The van der Waals surface area contributed by atoms with Crippen LogP contribution in [-0.4, -0.2) is 45.4 Å². The third kappa shape index (κ3) is 1.56. The third-order valence-corrected chi connectivity index (χ3v) is 3.67. The van der Waals surface area contributed by atoms with Crippen LogP contribution in [0.4, 0.5) is 4.79 Å². The number of rotatable bonds is 2. The first-order valence-electron chi connectivity index (χ1n) is 6.33. The average Bonchev–Trinajstić information content (AvgIpc) is 2.66. The summed E-state index contributed by atoms with van der Waals surface area (Å²) in [7, 11) is 0. The van der Waals surface area contributed by atoms with Gasteiger partial charge in [0.1, 0.15) is 11.8 Å². The maximum absolute atomic E-state index is 12.1. The molecule has 1 saturated heterocycles. The summed E-state index contributed by atoms with van der Waals surface area (Å²) in [5.41, 5.74) is 0.889. The third-order valence-electron chi connectivity index (χ3n) is 3.67. The molecular formula is C13H14N2O5. The fourth-order valence-electron chi connectivity index (χ4n) is 2.85. The van der Waals surface area contributed by atoms with E-state index in [4.69, 9.17) is 4.74 Å². The molecule has 2 heterocycles. The van der Waals surface area contributed by atoms with Crippen molar-refractivity contribution in [3.05, 3.63) is 29.3 Å². The minimum atomic E-state index is -0.932. The number of urea groups is 1. The first kappa shape index (κ1) is 12.7. The van der Waals surface area contributed by atoms with Crippen molar-refractivity contribution >= 4 is 12.0 Å². The molecule has 0 aromatic heterocycles. The van der Waals surface area contributed by atoms with Crippen LogP contribution >= 0.6 is 0 Å². The van der Waals surface area contributed by atoms with Gasteiger partial charge in [0.25, 0.3) is 0 Å². The van der Waals surface area contributed by atoms with E-state index in [1.165, 1.54) is 11.0 Å². The van der Waals surface area contributed by atoms with Crippen LogP contribution in [0.5, 0.6) is 5.75 Å².